The van der Waals surface area contributed by atoms with Crippen molar-refractivity contribution >= 4 is 29.7 Å². The van der Waals surface area contributed by atoms with Gasteiger partial charge in [-0.2, -0.15) is 0 Å². The lowest BCUT2D eigenvalue weighted by molar-refractivity contribution is -0.149. The van der Waals surface area contributed by atoms with E-state index in [0.29, 0.717) is 45.1 Å². The van der Waals surface area contributed by atoms with Crippen LogP contribution in [0.3, 0.4) is 0 Å². The number of nitrogens with one attached hydrogen (secondary N) is 2. The SMILES string of the molecule is CC(C)C(N)C(=O)NC(CCCCN)C(=O)NC(CCCN=C(N)N)C(=O)N1CCCC1C(=O)O. The second kappa shape index (κ2) is 15.1. The Hall–Kier alpha value is -2.93. The fourth-order valence-corrected chi connectivity index (χ4v) is 3.85. The van der Waals surface area contributed by atoms with Crippen molar-refractivity contribution in [2.24, 2.45) is 33.8 Å². The molecule has 4 atom stereocenters. The molecule has 0 aromatic carbocycles. The van der Waals surface area contributed by atoms with Crippen molar-refractivity contribution in [3.63, 3.8) is 0 Å². The lowest BCUT2D eigenvalue weighted by atomic mass is 10.0. The van der Waals surface area contributed by atoms with E-state index in [4.69, 9.17) is 22.9 Å². The van der Waals surface area contributed by atoms with Crippen LogP contribution in [0.1, 0.15) is 58.8 Å². The van der Waals surface area contributed by atoms with Gasteiger partial charge in [0.25, 0.3) is 0 Å². The zero-order chi connectivity index (χ0) is 26.5. The van der Waals surface area contributed by atoms with Gasteiger partial charge in [0.05, 0.1) is 6.04 Å². The first-order chi connectivity index (χ1) is 16.5. The number of hydrogen-bond donors (Lipinski definition) is 7. The van der Waals surface area contributed by atoms with E-state index in [2.05, 4.69) is 15.6 Å². The highest BCUT2D eigenvalue weighted by atomic mass is 16.4. The number of likely N-dealkylation sites (tertiary alicyclic amines) is 1. The van der Waals surface area contributed by atoms with Crippen molar-refractivity contribution in [3.8, 4) is 0 Å². The molecule has 13 heteroatoms. The maximum Gasteiger partial charge on any atom is 0.326 e. The summed E-state index contributed by atoms with van der Waals surface area (Å²) in [5.74, 6) is -2.80. The fourth-order valence-electron chi connectivity index (χ4n) is 3.85. The van der Waals surface area contributed by atoms with E-state index >= 15 is 0 Å². The Morgan fingerprint density at radius 3 is 2.23 bits per heavy atom. The van der Waals surface area contributed by atoms with Crippen LogP contribution in [0.15, 0.2) is 4.99 Å². The van der Waals surface area contributed by atoms with Gasteiger partial charge in [0.1, 0.15) is 18.1 Å². The summed E-state index contributed by atoms with van der Waals surface area (Å²) in [4.78, 5) is 55.8. The number of rotatable bonds is 15. The van der Waals surface area contributed by atoms with E-state index in [1.165, 1.54) is 4.90 Å². The normalized spacial score (nSPS) is 18.0. The number of nitrogens with zero attached hydrogens (tertiary/aromatic N) is 2. The number of carboxylic acid groups (broad SMARTS) is 1. The molecule has 0 bridgehead atoms. The number of hydrogen-bond acceptors (Lipinski definition) is 7. The molecule has 1 aliphatic heterocycles. The second-order valence-corrected chi connectivity index (χ2v) is 9.15. The molecule has 3 amide bonds. The summed E-state index contributed by atoms with van der Waals surface area (Å²) in [5, 5.41) is 14.9. The standard InChI is InChI=1S/C22H42N8O5/c1-13(2)17(24)19(32)28-14(7-3-4-10-23)18(31)29-15(8-5-11-27-22(25)26)20(33)30-12-6-9-16(30)21(34)35/h13-17H,3-12,23-24H2,1-2H3,(H,28,32)(H,29,31)(H,34,35)(H4,25,26,27). The van der Waals surface area contributed by atoms with E-state index < -0.39 is 47.9 Å². The Labute approximate surface area is 206 Å². The summed E-state index contributed by atoms with van der Waals surface area (Å²) in [6, 6.07) is -3.65. The van der Waals surface area contributed by atoms with Gasteiger partial charge in [-0.1, -0.05) is 13.8 Å². The first-order valence-corrected chi connectivity index (χ1v) is 12.1. The van der Waals surface area contributed by atoms with Gasteiger partial charge >= 0.3 is 5.97 Å². The first-order valence-electron chi connectivity index (χ1n) is 12.1. The van der Waals surface area contributed by atoms with E-state index in [1.54, 1.807) is 13.8 Å². The Morgan fingerprint density at radius 1 is 1.03 bits per heavy atom. The van der Waals surface area contributed by atoms with Crippen LogP contribution in [0.25, 0.3) is 0 Å². The van der Waals surface area contributed by atoms with E-state index in [1.807, 2.05) is 0 Å². The molecule has 0 radical (unpaired) electrons. The quantitative estimate of drug-likeness (QED) is 0.0765. The zero-order valence-corrected chi connectivity index (χ0v) is 20.7. The van der Waals surface area contributed by atoms with Crippen LogP contribution in [0.4, 0.5) is 0 Å². The second-order valence-electron chi connectivity index (χ2n) is 9.15. The molecule has 1 rings (SSSR count). The molecule has 1 fully saturated rings. The molecule has 0 spiro atoms. The lowest BCUT2D eigenvalue weighted by Gasteiger charge is -2.29. The third-order valence-electron chi connectivity index (χ3n) is 5.98. The Balaban J connectivity index is 3.03. The van der Waals surface area contributed by atoms with Crippen molar-refractivity contribution in [2.45, 2.75) is 83.0 Å². The van der Waals surface area contributed by atoms with Crippen molar-refractivity contribution in [3.05, 3.63) is 0 Å². The highest BCUT2D eigenvalue weighted by Gasteiger charge is 2.38. The largest absolute Gasteiger partial charge is 0.480 e. The van der Waals surface area contributed by atoms with Gasteiger partial charge in [0, 0.05) is 13.1 Å². The predicted molar refractivity (Wildman–Crippen MR) is 132 cm³/mol. The highest BCUT2D eigenvalue weighted by Crippen LogP contribution is 2.20. The Morgan fingerprint density at radius 2 is 1.66 bits per heavy atom. The maximum absolute atomic E-state index is 13.3. The van der Waals surface area contributed by atoms with Crippen LogP contribution in [0.5, 0.6) is 0 Å². The van der Waals surface area contributed by atoms with E-state index in [-0.39, 0.29) is 31.4 Å². The van der Waals surface area contributed by atoms with Crippen LogP contribution in [-0.2, 0) is 19.2 Å². The molecular weight excluding hydrogens is 456 g/mol. The minimum Gasteiger partial charge on any atom is -0.480 e. The van der Waals surface area contributed by atoms with Crippen molar-refractivity contribution < 1.29 is 24.3 Å². The zero-order valence-electron chi connectivity index (χ0n) is 20.7. The molecule has 35 heavy (non-hydrogen) atoms. The molecular formula is C22H42N8O5. The van der Waals surface area contributed by atoms with Crippen LogP contribution in [0.2, 0.25) is 0 Å². The number of carbonyl (C=O) groups is 4. The Kier molecular flexibility index (Phi) is 13.0. The predicted octanol–water partition coefficient (Wildman–Crippen LogP) is -1.80. The van der Waals surface area contributed by atoms with Gasteiger partial charge in [-0.3, -0.25) is 19.4 Å². The third kappa shape index (κ3) is 10.1. The van der Waals surface area contributed by atoms with Gasteiger partial charge < -0.3 is 43.6 Å². The molecule has 1 aliphatic rings. The highest BCUT2D eigenvalue weighted by molar-refractivity contribution is 5.94. The minimum absolute atomic E-state index is 0.0911. The number of aliphatic imine (C=N–C) groups is 1. The van der Waals surface area contributed by atoms with Crippen molar-refractivity contribution in [2.75, 3.05) is 19.6 Å². The first kappa shape index (κ1) is 30.1. The van der Waals surface area contributed by atoms with Crippen LogP contribution in [-0.4, -0.2) is 83.5 Å². The maximum atomic E-state index is 13.3. The lowest BCUT2D eigenvalue weighted by Crippen LogP contribution is -2.57. The van der Waals surface area contributed by atoms with Crippen LogP contribution >= 0.6 is 0 Å². The molecule has 0 aromatic heterocycles. The third-order valence-corrected chi connectivity index (χ3v) is 5.98. The summed E-state index contributed by atoms with van der Waals surface area (Å²) in [6.45, 7) is 4.56. The molecule has 0 aromatic rings. The number of unbranched alkanes of at least 4 members (excludes halogenated alkanes) is 1. The number of carbonyl (C=O) groups excluding carboxylic acids is 3. The van der Waals surface area contributed by atoms with Gasteiger partial charge in [0.2, 0.25) is 17.7 Å². The Bertz CT molecular complexity index is 756. The topological polar surface area (TPSA) is 232 Å². The smallest absolute Gasteiger partial charge is 0.326 e. The molecule has 11 N–H and O–H groups in total. The summed E-state index contributed by atoms with van der Waals surface area (Å²) in [7, 11) is 0. The van der Waals surface area contributed by atoms with Crippen molar-refractivity contribution in [1.29, 1.82) is 0 Å². The monoisotopic (exact) mass is 498 g/mol. The molecule has 1 saturated heterocycles. The number of nitrogens with two attached hydrogens (primary N) is 4. The molecule has 1 heterocycles. The number of guanidine groups is 1. The molecule has 0 aliphatic carbocycles. The van der Waals surface area contributed by atoms with Gasteiger partial charge in [-0.15, -0.1) is 0 Å². The summed E-state index contributed by atoms with van der Waals surface area (Å²) in [6.07, 6.45) is 3.04. The minimum atomic E-state index is -1.09. The van der Waals surface area contributed by atoms with Gasteiger partial charge in [-0.05, 0) is 57.4 Å². The van der Waals surface area contributed by atoms with E-state index in [9.17, 15) is 24.3 Å². The van der Waals surface area contributed by atoms with Crippen LogP contribution in [0, 0.1) is 5.92 Å². The average molecular weight is 499 g/mol. The molecule has 13 nitrogen and oxygen atoms in total. The number of aliphatic carboxylic acids is 1. The molecule has 200 valence electrons. The van der Waals surface area contributed by atoms with Crippen molar-refractivity contribution in [1.82, 2.24) is 15.5 Å². The number of carboxylic acids is 1. The van der Waals surface area contributed by atoms with Gasteiger partial charge in [-0.25, -0.2) is 4.79 Å². The summed E-state index contributed by atoms with van der Waals surface area (Å²) >= 11 is 0. The van der Waals surface area contributed by atoms with Crippen LogP contribution < -0.4 is 33.6 Å². The number of amides is 3. The fraction of sp³-hybridized carbons (Fsp3) is 0.773. The summed E-state index contributed by atoms with van der Waals surface area (Å²) < 4.78 is 0. The molecule has 0 saturated carbocycles. The van der Waals surface area contributed by atoms with E-state index in [0.717, 1.165) is 0 Å². The van der Waals surface area contributed by atoms with Gasteiger partial charge in [0.15, 0.2) is 5.96 Å². The molecule has 4 unspecified atom stereocenters. The summed E-state index contributed by atoms with van der Waals surface area (Å²) in [5.41, 5.74) is 22.2. The average Bonchev–Trinajstić information content (AvgIpc) is 3.29.